The van der Waals surface area contributed by atoms with Crippen LogP contribution in [0.5, 0.6) is 0 Å². The van der Waals surface area contributed by atoms with Crippen molar-refractivity contribution in [1.82, 2.24) is 15.0 Å². The number of rotatable bonds is 4. The highest BCUT2D eigenvalue weighted by atomic mass is 16.5. The van der Waals surface area contributed by atoms with Crippen LogP contribution in [0.25, 0.3) is 0 Å². The summed E-state index contributed by atoms with van der Waals surface area (Å²) in [5.74, 6) is -0.298. The molecule has 1 heterocycles. The Morgan fingerprint density at radius 3 is 2.62 bits per heavy atom. The fourth-order valence-corrected chi connectivity index (χ4v) is 1.41. The summed E-state index contributed by atoms with van der Waals surface area (Å²) in [6.07, 6.45) is 0. The number of carbonyl (C=O) groups is 1. The quantitative estimate of drug-likeness (QED) is 0.747. The molecule has 0 saturated carbocycles. The average Bonchev–Trinajstić information content (AvgIpc) is 2.58. The topological polar surface area (TPSA) is 77.2 Å². The van der Waals surface area contributed by atoms with Crippen LogP contribution in [0.4, 0.5) is 0 Å². The van der Waals surface area contributed by atoms with Crippen molar-refractivity contribution in [3.63, 3.8) is 0 Å². The van der Waals surface area contributed by atoms with E-state index in [2.05, 4.69) is 10.3 Å². The molecule has 1 N–H and O–H groups in total. The molecule has 1 aromatic heterocycles. The van der Waals surface area contributed by atoms with Crippen LogP contribution in [0.1, 0.15) is 25.2 Å². The molecule has 6 nitrogen and oxygen atoms in total. The van der Waals surface area contributed by atoms with Gasteiger partial charge in [0.15, 0.2) is 0 Å². The van der Waals surface area contributed by atoms with Crippen molar-refractivity contribution < 1.29 is 14.6 Å². The Bertz CT molecular complexity index is 385. The second-order valence-corrected chi connectivity index (χ2v) is 4.31. The maximum atomic E-state index is 11.5. The lowest BCUT2D eigenvalue weighted by Crippen LogP contribution is -2.31. The Hall–Kier alpha value is -1.43. The van der Waals surface area contributed by atoms with Gasteiger partial charge in [-0.1, -0.05) is 5.21 Å². The molecule has 0 saturated heterocycles. The highest BCUT2D eigenvalue weighted by Crippen LogP contribution is 2.20. The van der Waals surface area contributed by atoms with Crippen molar-refractivity contribution in [2.75, 3.05) is 7.11 Å². The summed E-state index contributed by atoms with van der Waals surface area (Å²) in [5, 5.41) is 16.7. The maximum absolute atomic E-state index is 11.5. The highest BCUT2D eigenvalue weighted by Gasteiger charge is 2.30. The number of ether oxygens (including phenoxy) is 1. The number of nitrogens with zero attached hydrogens (tertiary/aromatic N) is 3. The predicted molar refractivity (Wildman–Crippen MR) is 56.5 cm³/mol. The van der Waals surface area contributed by atoms with Crippen LogP contribution in [0, 0.1) is 12.3 Å². The molecular weight excluding hydrogens is 210 g/mol. The van der Waals surface area contributed by atoms with Gasteiger partial charge in [0.1, 0.15) is 5.69 Å². The van der Waals surface area contributed by atoms with Crippen molar-refractivity contribution >= 4 is 5.97 Å². The first-order valence-corrected chi connectivity index (χ1v) is 5.00. The molecule has 0 aliphatic heterocycles. The molecule has 0 amide bonds. The lowest BCUT2D eigenvalue weighted by Gasteiger charge is -2.21. The third-order valence-electron chi connectivity index (χ3n) is 2.51. The average molecular weight is 227 g/mol. The number of aliphatic hydroxyl groups is 1. The summed E-state index contributed by atoms with van der Waals surface area (Å²) in [4.78, 5) is 11.5. The minimum atomic E-state index is -0.667. The van der Waals surface area contributed by atoms with E-state index in [-0.39, 0.29) is 12.6 Å². The minimum Gasteiger partial charge on any atom is -0.469 e. The molecule has 0 spiro atoms. The zero-order valence-corrected chi connectivity index (χ0v) is 10.0. The normalized spacial score (nSPS) is 11.6. The first kappa shape index (κ1) is 12.6. The van der Waals surface area contributed by atoms with Gasteiger partial charge in [0.05, 0.1) is 31.4 Å². The van der Waals surface area contributed by atoms with E-state index in [0.29, 0.717) is 12.2 Å². The van der Waals surface area contributed by atoms with Crippen molar-refractivity contribution in [3.8, 4) is 0 Å². The van der Waals surface area contributed by atoms with Gasteiger partial charge in [-0.3, -0.25) is 4.79 Å². The lowest BCUT2D eigenvalue weighted by molar-refractivity contribution is -0.151. The zero-order chi connectivity index (χ0) is 12.3. The summed E-state index contributed by atoms with van der Waals surface area (Å²) < 4.78 is 6.31. The molecule has 0 aliphatic carbocycles. The molecule has 0 radical (unpaired) electrons. The third kappa shape index (κ3) is 2.38. The van der Waals surface area contributed by atoms with Gasteiger partial charge in [-0.2, -0.15) is 0 Å². The second-order valence-electron chi connectivity index (χ2n) is 4.31. The van der Waals surface area contributed by atoms with E-state index in [0.717, 1.165) is 5.69 Å². The Morgan fingerprint density at radius 2 is 2.19 bits per heavy atom. The van der Waals surface area contributed by atoms with Crippen molar-refractivity contribution in [3.05, 3.63) is 11.4 Å². The first-order valence-electron chi connectivity index (χ1n) is 5.00. The molecule has 1 aromatic rings. The molecule has 0 atom stereocenters. The van der Waals surface area contributed by atoms with Crippen LogP contribution in [-0.2, 0) is 22.7 Å². The van der Waals surface area contributed by atoms with E-state index >= 15 is 0 Å². The number of methoxy groups -OCH3 is 1. The monoisotopic (exact) mass is 227 g/mol. The van der Waals surface area contributed by atoms with Gasteiger partial charge in [0, 0.05) is 0 Å². The molecule has 1 rings (SSSR count). The molecular formula is C10H17N3O3. The van der Waals surface area contributed by atoms with Crippen LogP contribution in [-0.4, -0.2) is 33.2 Å². The summed E-state index contributed by atoms with van der Waals surface area (Å²) in [7, 11) is 1.36. The van der Waals surface area contributed by atoms with Crippen LogP contribution in [0.3, 0.4) is 0 Å². The first-order chi connectivity index (χ1) is 7.42. The van der Waals surface area contributed by atoms with E-state index < -0.39 is 5.41 Å². The molecule has 0 unspecified atom stereocenters. The molecule has 16 heavy (non-hydrogen) atoms. The van der Waals surface area contributed by atoms with Gasteiger partial charge >= 0.3 is 5.97 Å². The second kappa shape index (κ2) is 4.61. The lowest BCUT2D eigenvalue weighted by atomic mass is 9.94. The fourth-order valence-electron chi connectivity index (χ4n) is 1.41. The van der Waals surface area contributed by atoms with Gasteiger partial charge in [-0.15, -0.1) is 5.10 Å². The number of aliphatic hydroxyl groups excluding tert-OH is 1. The number of carbonyl (C=O) groups excluding carboxylic acids is 1. The van der Waals surface area contributed by atoms with Gasteiger partial charge in [0.2, 0.25) is 0 Å². The smallest absolute Gasteiger partial charge is 0.313 e. The zero-order valence-electron chi connectivity index (χ0n) is 10.0. The van der Waals surface area contributed by atoms with Gasteiger partial charge in [-0.25, -0.2) is 4.68 Å². The standard InChI is InChI=1S/C10H17N3O3/c1-7-8(5-14)11-12-13(7)6-10(2,3)9(15)16-4/h14H,5-6H2,1-4H3. The van der Waals surface area contributed by atoms with Crippen LogP contribution in [0.2, 0.25) is 0 Å². The summed E-state index contributed by atoms with van der Waals surface area (Å²) in [6.45, 7) is 5.58. The van der Waals surface area contributed by atoms with Gasteiger partial charge in [0.25, 0.3) is 0 Å². The minimum absolute atomic E-state index is 0.148. The molecule has 0 bridgehead atoms. The van der Waals surface area contributed by atoms with Crippen molar-refractivity contribution in [2.45, 2.75) is 33.9 Å². The number of aromatic nitrogens is 3. The third-order valence-corrected chi connectivity index (χ3v) is 2.51. The summed E-state index contributed by atoms with van der Waals surface area (Å²) in [6, 6.07) is 0. The number of hydrogen-bond donors (Lipinski definition) is 1. The van der Waals surface area contributed by atoms with E-state index in [4.69, 9.17) is 9.84 Å². The Kier molecular flexibility index (Phi) is 3.64. The van der Waals surface area contributed by atoms with Crippen LogP contribution >= 0.6 is 0 Å². The highest BCUT2D eigenvalue weighted by molar-refractivity contribution is 5.75. The molecule has 90 valence electrons. The van der Waals surface area contributed by atoms with Crippen LogP contribution < -0.4 is 0 Å². The summed E-state index contributed by atoms with van der Waals surface area (Å²) in [5.41, 5.74) is 0.625. The summed E-state index contributed by atoms with van der Waals surface area (Å²) >= 11 is 0. The fraction of sp³-hybridized carbons (Fsp3) is 0.700. The van der Waals surface area contributed by atoms with E-state index in [1.54, 1.807) is 25.5 Å². The van der Waals surface area contributed by atoms with E-state index in [1.165, 1.54) is 7.11 Å². The molecule has 0 aromatic carbocycles. The molecule has 0 fully saturated rings. The Balaban J connectivity index is 2.88. The number of esters is 1. The largest absolute Gasteiger partial charge is 0.469 e. The Morgan fingerprint density at radius 1 is 1.56 bits per heavy atom. The van der Waals surface area contributed by atoms with Gasteiger partial charge < -0.3 is 9.84 Å². The predicted octanol–water partition coefficient (Wildman–Crippen LogP) is 0.278. The maximum Gasteiger partial charge on any atom is 0.313 e. The van der Waals surface area contributed by atoms with Crippen molar-refractivity contribution in [2.24, 2.45) is 5.41 Å². The van der Waals surface area contributed by atoms with Crippen LogP contribution in [0.15, 0.2) is 0 Å². The SMILES string of the molecule is COC(=O)C(C)(C)Cn1nnc(CO)c1C. The molecule has 0 aliphatic rings. The molecule has 6 heteroatoms. The Labute approximate surface area is 94.2 Å². The van der Waals surface area contributed by atoms with Gasteiger partial charge in [-0.05, 0) is 20.8 Å². The van der Waals surface area contributed by atoms with E-state index in [9.17, 15) is 4.79 Å². The van der Waals surface area contributed by atoms with Crippen molar-refractivity contribution in [1.29, 1.82) is 0 Å². The van der Waals surface area contributed by atoms with E-state index in [1.807, 2.05) is 0 Å². The number of hydrogen-bond acceptors (Lipinski definition) is 5.